The standard InChI is InChI=1S/C19H21FN4O2/c1-21-18(26)19(23-16-7-4-5-14(20)11-16)8-10-24(13-19)17(25)12-15-6-2-3-9-22-15/h2-7,9,11,23H,8,10,12-13H2,1H3,(H,21,26). The summed E-state index contributed by atoms with van der Waals surface area (Å²) in [4.78, 5) is 30.9. The van der Waals surface area contributed by atoms with Crippen LogP contribution in [-0.2, 0) is 16.0 Å². The average molecular weight is 356 g/mol. The number of anilines is 1. The Morgan fingerprint density at radius 2 is 2.12 bits per heavy atom. The van der Waals surface area contributed by atoms with Crippen LogP contribution in [0.4, 0.5) is 10.1 Å². The average Bonchev–Trinajstić information content (AvgIpc) is 3.07. The number of carbonyl (C=O) groups excluding carboxylic acids is 2. The van der Waals surface area contributed by atoms with E-state index >= 15 is 0 Å². The maximum Gasteiger partial charge on any atom is 0.247 e. The van der Waals surface area contributed by atoms with Gasteiger partial charge >= 0.3 is 0 Å². The fourth-order valence-corrected chi connectivity index (χ4v) is 3.22. The van der Waals surface area contributed by atoms with Gasteiger partial charge in [-0.15, -0.1) is 0 Å². The van der Waals surface area contributed by atoms with E-state index in [1.165, 1.54) is 12.1 Å². The van der Waals surface area contributed by atoms with Gasteiger partial charge < -0.3 is 15.5 Å². The topological polar surface area (TPSA) is 74.3 Å². The molecular weight excluding hydrogens is 335 g/mol. The molecule has 0 spiro atoms. The molecule has 2 heterocycles. The van der Waals surface area contributed by atoms with Crippen molar-refractivity contribution in [2.24, 2.45) is 0 Å². The van der Waals surface area contributed by atoms with Crippen molar-refractivity contribution in [3.8, 4) is 0 Å². The van der Waals surface area contributed by atoms with E-state index in [0.717, 1.165) is 0 Å². The molecule has 6 nitrogen and oxygen atoms in total. The Kier molecular flexibility index (Phi) is 5.16. The lowest BCUT2D eigenvalue weighted by Crippen LogP contribution is -2.54. The van der Waals surface area contributed by atoms with Gasteiger partial charge in [-0.1, -0.05) is 12.1 Å². The predicted molar refractivity (Wildman–Crippen MR) is 96.0 cm³/mol. The molecule has 1 aliphatic heterocycles. The van der Waals surface area contributed by atoms with Crippen LogP contribution in [0.2, 0.25) is 0 Å². The van der Waals surface area contributed by atoms with E-state index in [2.05, 4.69) is 15.6 Å². The van der Waals surface area contributed by atoms with Crippen molar-refractivity contribution in [3.63, 3.8) is 0 Å². The molecule has 1 fully saturated rings. The number of pyridine rings is 1. The highest BCUT2D eigenvalue weighted by Gasteiger charge is 2.45. The third kappa shape index (κ3) is 3.82. The van der Waals surface area contributed by atoms with Crippen LogP contribution in [0.25, 0.3) is 0 Å². The molecule has 2 aromatic rings. The summed E-state index contributed by atoms with van der Waals surface area (Å²) in [6.07, 6.45) is 2.27. The number of amides is 2. The smallest absolute Gasteiger partial charge is 0.247 e. The van der Waals surface area contributed by atoms with Crippen molar-refractivity contribution in [1.29, 1.82) is 0 Å². The quantitative estimate of drug-likeness (QED) is 0.853. The highest BCUT2D eigenvalue weighted by atomic mass is 19.1. The SMILES string of the molecule is CNC(=O)C1(Nc2cccc(F)c2)CCN(C(=O)Cc2ccccn2)C1. The normalized spacial score (nSPS) is 19.2. The first kappa shape index (κ1) is 17.8. The van der Waals surface area contributed by atoms with Gasteiger partial charge in [-0.05, 0) is 36.8 Å². The zero-order valence-corrected chi connectivity index (χ0v) is 14.5. The molecule has 0 bridgehead atoms. The lowest BCUT2D eigenvalue weighted by atomic mass is 9.96. The minimum Gasteiger partial charge on any atom is -0.370 e. The van der Waals surface area contributed by atoms with E-state index in [4.69, 9.17) is 0 Å². The number of halogens is 1. The van der Waals surface area contributed by atoms with Crippen molar-refractivity contribution < 1.29 is 14.0 Å². The molecule has 3 rings (SSSR count). The van der Waals surface area contributed by atoms with Crippen molar-refractivity contribution >= 4 is 17.5 Å². The predicted octanol–water partition coefficient (Wildman–Crippen LogP) is 1.59. The summed E-state index contributed by atoms with van der Waals surface area (Å²) in [6, 6.07) is 11.4. The summed E-state index contributed by atoms with van der Waals surface area (Å²) in [5, 5.41) is 5.78. The Bertz CT molecular complexity index is 799. The number of benzene rings is 1. The lowest BCUT2D eigenvalue weighted by Gasteiger charge is -2.30. The summed E-state index contributed by atoms with van der Waals surface area (Å²) >= 11 is 0. The molecule has 1 atom stereocenters. The van der Waals surface area contributed by atoms with Crippen molar-refractivity contribution in [2.45, 2.75) is 18.4 Å². The van der Waals surface area contributed by atoms with Crippen LogP contribution in [0.1, 0.15) is 12.1 Å². The first-order chi connectivity index (χ1) is 12.5. The summed E-state index contributed by atoms with van der Waals surface area (Å²) in [7, 11) is 1.55. The van der Waals surface area contributed by atoms with E-state index in [0.29, 0.717) is 24.3 Å². The minimum absolute atomic E-state index is 0.0875. The van der Waals surface area contributed by atoms with Crippen LogP contribution in [0.3, 0.4) is 0 Å². The fourth-order valence-electron chi connectivity index (χ4n) is 3.22. The zero-order valence-electron chi connectivity index (χ0n) is 14.5. The number of likely N-dealkylation sites (N-methyl/N-ethyl adjacent to an activating group) is 1. The van der Waals surface area contributed by atoms with Gasteiger partial charge in [-0.25, -0.2) is 4.39 Å². The van der Waals surface area contributed by atoms with Gasteiger partial charge in [-0.3, -0.25) is 14.6 Å². The summed E-state index contributed by atoms with van der Waals surface area (Å²) < 4.78 is 13.5. The Morgan fingerprint density at radius 3 is 2.81 bits per heavy atom. The Labute approximate surface area is 151 Å². The molecule has 0 saturated carbocycles. The third-order valence-electron chi connectivity index (χ3n) is 4.55. The molecule has 0 aliphatic carbocycles. The molecule has 136 valence electrons. The highest BCUT2D eigenvalue weighted by Crippen LogP contribution is 2.27. The molecule has 0 radical (unpaired) electrons. The van der Waals surface area contributed by atoms with E-state index in [1.54, 1.807) is 42.4 Å². The minimum atomic E-state index is -0.984. The number of hydrogen-bond acceptors (Lipinski definition) is 4. The monoisotopic (exact) mass is 356 g/mol. The van der Waals surface area contributed by atoms with E-state index < -0.39 is 5.54 Å². The summed E-state index contributed by atoms with van der Waals surface area (Å²) in [6.45, 7) is 0.663. The molecule has 1 aromatic carbocycles. The largest absolute Gasteiger partial charge is 0.370 e. The second kappa shape index (κ2) is 7.51. The van der Waals surface area contributed by atoms with Crippen molar-refractivity contribution in [3.05, 3.63) is 60.2 Å². The Morgan fingerprint density at radius 1 is 1.27 bits per heavy atom. The number of aromatic nitrogens is 1. The maximum absolute atomic E-state index is 13.5. The second-order valence-corrected chi connectivity index (χ2v) is 6.36. The van der Waals surface area contributed by atoms with E-state index in [1.807, 2.05) is 6.07 Å². The highest BCUT2D eigenvalue weighted by molar-refractivity contribution is 5.91. The van der Waals surface area contributed by atoms with Crippen LogP contribution in [0.15, 0.2) is 48.7 Å². The number of nitrogens with one attached hydrogen (secondary N) is 2. The summed E-state index contributed by atoms with van der Waals surface area (Å²) in [5.74, 6) is -0.700. The number of nitrogens with zero attached hydrogens (tertiary/aromatic N) is 2. The first-order valence-electron chi connectivity index (χ1n) is 8.46. The molecule has 1 unspecified atom stereocenters. The fraction of sp³-hybridized carbons (Fsp3) is 0.316. The van der Waals surface area contributed by atoms with Crippen LogP contribution in [0.5, 0.6) is 0 Å². The van der Waals surface area contributed by atoms with E-state index in [9.17, 15) is 14.0 Å². The first-order valence-corrected chi connectivity index (χ1v) is 8.46. The van der Waals surface area contributed by atoms with Crippen LogP contribution >= 0.6 is 0 Å². The van der Waals surface area contributed by atoms with Gasteiger partial charge in [0.15, 0.2) is 0 Å². The van der Waals surface area contributed by atoms with Gasteiger partial charge in [-0.2, -0.15) is 0 Å². The molecule has 26 heavy (non-hydrogen) atoms. The van der Waals surface area contributed by atoms with Gasteiger partial charge in [0, 0.05) is 31.2 Å². The Balaban J connectivity index is 1.75. The van der Waals surface area contributed by atoms with Crippen molar-refractivity contribution in [2.75, 3.05) is 25.5 Å². The lowest BCUT2D eigenvalue weighted by molar-refractivity contribution is -0.130. The Hall–Kier alpha value is -2.96. The number of carbonyl (C=O) groups is 2. The molecule has 1 aliphatic rings. The van der Waals surface area contributed by atoms with Crippen LogP contribution < -0.4 is 10.6 Å². The van der Waals surface area contributed by atoms with Gasteiger partial charge in [0.25, 0.3) is 0 Å². The van der Waals surface area contributed by atoms with Crippen LogP contribution in [-0.4, -0.2) is 47.4 Å². The molecule has 1 saturated heterocycles. The van der Waals surface area contributed by atoms with Gasteiger partial charge in [0.05, 0.1) is 13.0 Å². The number of hydrogen-bond donors (Lipinski definition) is 2. The molecule has 2 amide bonds. The number of likely N-dealkylation sites (tertiary alicyclic amines) is 1. The molecule has 7 heteroatoms. The number of rotatable bonds is 5. The van der Waals surface area contributed by atoms with Gasteiger partial charge in [0.2, 0.25) is 11.8 Å². The van der Waals surface area contributed by atoms with Crippen molar-refractivity contribution in [1.82, 2.24) is 15.2 Å². The second-order valence-electron chi connectivity index (χ2n) is 6.36. The summed E-state index contributed by atoms with van der Waals surface area (Å²) in [5.41, 5.74) is 0.211. The molecular formula is C19H21FN4O2. The molecule has 1 aromatic heterocycles. The molecule has 2 N–H and O–H groups in total. The van der Waals surface area contributed by atoms with Crippen LogP contribution in [0, 0.1) is 5.82 Å². The third-order valence-corrected chi connectivity index (χ3v) is 4.55. The van der Waals surface area contributed by atoms with Gasteiger partial charge in [0.1, 0.15) is 11.4 Å². The van der Waals surface area contributed by atoms with E-state index in [-0.39, 0.29) is 30.6 Å². The zero-order chi connectivity index (χ0) is 18.6. The maximum atomic E-state index is 13.5.